The molecular formula is C26H32O4S2. The van der Waals surface area contributed by atoms with Gasteiger partial charge in [-0.15, -0.1) is 0 Å². The van der Waals surface area contributed by atoms with Crippen LogP contribution in [-0.2, 0) is 37.8 Å². The second-order valence-corrected chi connectivity index (χ2v) is 11.4. The molecule has 0 radical (unpaired) electrons. The summed E-state index contributed by atoms with van der Waals surface area (Å²) in [5.41, 5.74) is 4.29. The highest BCUT2D eigenvalue weighted by atomic mass is 32.3. The third-order valence-corrected chi connectivity index (χ3v) is 8.42. The van der Waals surface area contributed by atoms with Crippen molar-refractivity contribution in [2.24, 2.45) is 0 Å². The van der Waals surface area contributed by atoms with Gasteiger partial charge < -0.3 is 4.55 Å². The van der Waals surface area contributed by atoms with Gasteiger partial charge >= 0.3 is 0 Å². The van der Waals surface area contributed by atoms with Gasteiger partial charge in [0, 0.05) is 5.56 Å². The van der Waals surface area contributed by atoms with Gasteiger partial charge in [0.2, 0.25) is 10.4 Å². The van der Waals surface area contributed by atoms with E-state index in [0.29, 0.717) is 16.5 Å². The van der Waals surface area contributed by atoms with Crippen LogP contribution in [-0.4, -0.2) is 24.5 Å². The highest BCUT2D eigenvalue weighted by Crippen LogP contribution is 2.33. The Morgan fingerprint density at radius 2 is 1.50 bits per heavy atom. The molecule has 0 saturated carbocycles. The van der Waals surface area contributed by atoms with Gasteiger partial charge in [-0.3, -0.25) is 4.18 Å². The molecule has 0 saturated heterocycles. The van der Waals surface area contributed by atoms with Crippen LogP contribution < -0.4 is 0 Å². The molecule has 32 heavy (non-hydrogen) atoms. The van der Waals surface area contributed by atoms with Crippen molar-refractivity contribution in [2.75, 3.05) is 11.5 Å². The van der Waals surface area contributed by atoms with Crippen LogP contribution in [0.5, 0.6) is 0 Å². The fourth-order valence-electron chi connectivity index (χ4n) is 3.86. The van der Waals surface area contributed by atoms with Crippen molar-refractivity contribution in [3.05, 3.63) is 71.8 Å². The van der Waals surface area contributed by atoms with E-state index < -0.39 is 10.4 Å². The van der Waals surface area contributed by atoms with Crippen molar-refractivity contribution in [2.45, 2.75) is 51.9 Å². The van der Waals surface area contributed by atoms with E-state index in [1.165, 1.54) is 59.1 Å². The molecule has 4 nitrogen and oxygen atoms in total. The van der Waals surface area contributed by atoms with Crippen LogP contribution >= 0.6 is 0 Å². The maximum absolute atomic E-state index is 10.7. The SMILES string of the molecule is CCCC[S+](CCCC)Cc1cccc2cccc(-c3ccc(COS(=O)(=O)[O-])cc3)c12. The van der Waals surface area contributed by atoms with Gasteiger partial charge in [0.15, 0.2) is 0 Å². The van der Waals surface area contributed by atoms with E-state index in [2.05, 4.69) is 54.4 Å². The molecule has 0 aliphatic heterocycles. The molecule has 6 heteroatoms. The fourth-order valence-corrected chi connectivity index (χ4v) is 6.71. The maximum Gasteiger partial charge on any atom is 0.217 e. The lowest BCUT2D eigenvalue weighted by Crippen LogP contribution is -2.15. The zero-order valence-corrected chi connectivity index (χ0v) is 20.5. The first-order valence-electron chi connectivity index (χ1n) is 11.3. The second kappa shape index (κ2) is 11.8. The molecule has 172 valence electrons. The second-order valence-electron chi connectivity index (χ2n) is 8.06. The molecule has 0 fully saturated rings. The Morgan fingerprint density at radius 3 is 2.09 bits per heavy atom. The molecule has 0 N–H and O–H groups in total. The van der Waals surface area contributed by atoms with Crippen molar-refractivity contribution in [1.29, 1.82) is 0 Å². The summed E-state index contributed by atoms with van der Waals surface area (Å²) in [7, 11) is -4.31. The summed E-state index contributed by atoms with van der Waals surface area (Å²) in [5.74, 6) is 3.71. The van der Waals surface area contributed by atoms with E-state index in [-0.39, 0.29) is 6.61 Å². The summed E-state index contributed by atoms with van der Waals surface area (Å²) in [4.78, 5) is 0. The minimum atomic E-state index is -4.69. The first-order valence-corrected chi connectivity index (χ1v) is 14.3. The number of benzene rings is 3. The van der Waals surface area contributed by atoms with E-state index in [9.17, 15) is 13.0 Å². The van der Waals surface area contributed by atoms with Gasteiger partial charge in [-0.25, -0.2) is 8.42 Å². The average molecular weight is 473 g/mol. The van der Waals surface area contributed by atoms with Crippen LogP contribution in [0.15, 0.2) is 60.7 Å². The van der Waals surface area contributed by atoms with Gasteiger partial charge in [0.25, 0.3) is 0 Å². The molecule has 0 atom stereocenters. The highest BCUT2D eigenvalue weighted by Gasteiger charge is 2.20. The molecule has 0 bridgehead atoms. The molecule has 3 aromatic carbocycles. The van der Waals surface area contributed by atoms with Crippen LogP contribution in [0.2, 0.25) is 0 Å². The maximum atomic E-state index is 10.7. The molecular weight excluding hydrogens is 440 g/mol. The Bertz CT molecular complexity index is 1100. The summed E-state index contributed by atoms with van der Waals surface area (Å²) in [6.45, 7) is 4.28. The van der Waals surface area contributed by atoms with Gasteiger partial charge in [-0.05, 0) is 51.2 Å². The first kappa shape index (κ1) is 24.8. The molecule has 0 aromatic heterocycles. The molecule has 3 rings (SSSR count). The van der Waals surface area contributed by atoms with Crippen molar-refractivity contribution in [3.8, 4) is 11.1 Å². The Balaban J connectivity index is 1.93. The number of unbranched alkanes of at least 4 members (excludes halogenated alkanes) is 2. The lowest BCUT2D eigenvalue weighted by atomic mass is 9.94. The Hall–Kier alpha value is -1.86. The van der Waals surface area contributed by atoms with Crippen molar-refractivity contribution in [1.82, 2.24) is 0 Å². The van der Waals surface area contributed by atoms with Gasteiger partial charge in [0.1, 0.15) is 17.3 Å². The summed E-state index contributed by atoms with van der Waals surface area (Å²) >= 11 is 0. The normalized spacial score (nSPS) is 12.0. The first-order chi connectivity index (χ1) is 15.4. The highest BCUT2D eigenvalue weighted by molar-refractivity contribution is 7.96. The van der Waals surface area contributed by atoms with Crippen LogP contribution in [0.25, 0.3) is 21.9 Å². The topological polar surface area (TPSA) is 66.4 Å². The Labute approximate surface area is 195 Å². The predicted octanol–water partition coefficient (Wildman–Crippen LogP) is 6.20. The lowest BCUT2D eigenvalue weighted by Gasteiger charge is -2.14. The fraction of sp³-hybridized carbons (Fsp3) is 0.385. The van der Waals surface area contributed by atoms with E-state index in [1.54, 1.807) is 0 Å². The van der Waals surface area contributed by atoms with Crippen LogP contribution in [0.4, 0.5) is 0 Å². The van der Waals surface area contributed by atoms with E-state index in [0.717, 1.165) is 11.3 Å². The summed E-state index contributed by atoms with van der Waals surface area (Å²) in [6, 6.07) is 20.6. The van der Waals surface area contributed by atoms with Gasteiger partial charge in [0.05, 0.1) is 6.61 Å². The summed E-state index contributed by atoms with van der Waals surface area (Å²) in [5, 5.41) is 2.53. The molecule has 3 aromatic rings. The number of hydrogen-bond donors (Lipinski definition) is 0. The third-order valence-electron chi connectivity index (χ3n) is 5.56. The monoisotopic (exact) mass is 472 g/mol. The zero-order chi connectivity index (χ0) is 23.0. The molecule has 0 aliphatic rings. The standard InChI is InChI=1S/C26H32O4S2/c1-3-5-17-31(18-6-4-2)20-24-11-7-9-23-10-8-12-25(26(23)24)22-15-13-21(14-16-22)19-30-32(27,28)29/h7-16H,3-6,17-20H2,1-2H3. The lowest BCUT2D eigenvalue weighted by molar-refractivity contribution is 0.253. The Morgan fingerprint density at radius 1 is 0.875 bits per heavy atom. The smallest absolute Gasteiger partial charge is 0.217 e. The van der Waals surface area contributed by atoms with Crippen LogP contribution in [0.3, 0.4) is 0 Å². The number of rotatable bonds is 12. The molecule has 0 unspecified atom stereocenters. The molecule has 0 amide bonds. The molecule has 0 spiro atoms. The number of hydrogen-bond acceptors (Lipinski definition) is 4. The largest absolute Gasteiger partial charge is 0.726 e. The average Bonchev–Trinajstić information content (AvgIpc) is 2.79. The van der Waals surface area contributed by atoms with E-state index in [4.69, 9.17) is 0 Å². The molecule has 0 aliphatic carbocycles. The Kier molecular flexibility index (Phi) is 9.17. The summed E-state index contributed by atoms with van der Waals surface area (Å²) in [6.07, 6.45) is 5.04. The minimum Gasteiger partial charge on any atom is -0.726 e. The van der Waals surface area contributed by atoms with Crippen LogP contribution in [0, 0.1) is 0 Å². The quantitative estimate of drug-likeness (QED) is 0.179. The van der Waals surface area contributed by atoms with Crippen molar-refractivity contribution >= 4 is 32.1 Å². The van der Waals surface area contributed by atoms with E-state index >= 15 is 0 Å². The number of fused-ring (bicyclic) bond motifs is 1. The van der Waals surface area contributed by atoms with E-state index in [1.807, 2.05) is 24.3 Å². The third kappa shape index (κ3) is 7.07. The predicted molar refractivity (Wildman–Crippen MR) is 134 cm³/mol. The molecule has 0 heterocycles. The summed E-state index contributed by atoms with van der Waals surface area (Å²) < 4.78 is 36.5. The minimum absolute atomic E-state index is 0.245. The zero-order valence-electron chi connectivity index (χ0n) is 18.9. The van der Waals surface area contributed by atoms with Crippen molar-refractivity contribution < 1.29 is 17.2 Å². The van der Waals surface area contributed by atoms with Gasteiger partial charge in [-0.1, -0.05) is 87.4 Å². The van der Waals surface area contributed by atoms with Gasteiger partial charge in [-0.2, -0.15) is 0 Å². The van der Waals surface area contributed by atoms with Crippen molar-refractivity contribution in [3.63, 3.8) is 0 Å². The van der Waals surface area contributed by atoms with Crippen LogP contribution in [0.1, 0.15) is 50.7 Å².